The van der Waals surface area contributed by atoms with Gasteiger partial charge >= 0.3 is 0 Å². The lowest BCUT2D eigenvalue weighted by atomic mass is 10.1. The van der Waals surface area contributed by atoms with Crippen LogP contribution in [0.3, 0.4) is 0 Å². The third kappa shape index (κ3) is 2.49. The topological polar surface area (TPSA) is 33.1 Å². The highest BCUT2D eigenvalue weighted by Crippen LogP contribution is 2.31. The molecule has 0 atom stereocenters. The van der Waals surface area contributed by atoms with E-state index >= 15 is 0 Å². The van der Waals surface area contributed by atoms with Crippen LogP contribution in [0.5, 0.6) is 0 Å². The Morgan fingerprint density at radius 1 is 1.43 bits per heavy atom. The zero-order valence-electron chi connectivity index (χ0n) is 12.7. The number of aryl methyl sites for hydroxylation is 2. The number of aromatic nitrogens is 2. The Balaban J connectivity index is 1.61. The quantitative estimate of drug-likeness (QED) is 0.942. The van der Waals surface area contributed by atoms with Crippen molar-refractivity contribution >= 4 is 17.2 Å². The second kappa shape index (κ2) is 5.14. The van der Waals surface area contributed by atoms with E-state index in [1.54, 1.807) is 4.88 Å². The molecular formula is C16H22N4S. The monoisotopic (exact) mass is 302 g/mol. The molecule has 2 aromatic rings. The number of anilines is 1. The van der Waals surface area contributed by atoms with Crippen LogP contribution in [0.25, 0.3) is 0 Å². The number of hydrogen-bond donors (Lipinski definition) is 1. The van der Waals surface area contributed by atoms with Gasteiger partial charge in [-0.1, -0.05) is 0 Å². The van der Waals surface area contributed by atoms with Gasteiger partial charge in [-0.2, -0.15) is 5.10 Å². The summed E-state index contributed by atoms with van der Waals surface area (Å²) >= 11 is 1.90. The molecule has 0 spiro atoms. The Morgan fingerprint density at radius 2 is 2.29 bits per heavy atom. The van der Waals surface area contributed by atoms with E-state index in [1.807, 2.05) is 11.3 Å². The van der Waals surface area contributed by atoms with E-state index < -0.39 is 0 Å². The van der Waals surface area contributed by atoms with Crippen LogP contribution in [0.15, 0.2) is 11.4 Å². The van der Waals surface area contributed by atoms with Crippen LogP contribution in [-0.4, -0.2) is 22.4 Å². The molecule has 0 saturated heterocycles. The van der Waals surface area contributed by atoms with Crippen molar-refractivity contribution < 1.29 is 0 Å². The minimum atomic E-state index is 0.738. The Labute approximate surface area is 129 Å². The Kier molecular flexibility index (Phi) is 3.27. The van der Waals surface area contributed by atoms with Crippen LogP contribution in [0.4, 0.5) is 5.82 Å². The highest BCUT2D eigenvalue weighted by Gasteiger charge is 2.26. The standard InChI is InChI=1S/C16H22N4S/c1-11-14(9-17-13-3-4-13)16(19(2)18-11)20-7-5-15-12(10-20)6-8-21-15/h6,8,13,17H,3-5,7,9-10H2,1-2H3. The Hall–Kier alpha value is -1.33. The van der Waals surface area contributed by atoms with E-state index in [0.717, 1.165) is 37.8 Å². The van der Waals surface area contributed by atoms with Gasteiger partial charge in [-0.05, 0) is 43.2 Å². The zero-order valence-corrected chi connectivity index (χ0v) is 13.5. The fourth-order valence-electron chi connectivity index (χ4n) is 3.26. The average molecular weight is 302 g/mol. The molecule has 3 heterocycles. The van der Waals surface area contributed by atoms with Crippen LogP contribution < -0.4 is 10.2 Å². The molecule has 4 nitrogen and oxygen atoms in total. The number of nitrogens with zero attached hydrogens (tertiary/aromatic N) is 3. The van der Waals surface area contributed by atoms with Crippen molar-refractivity contribution in [2.24, 2.45) is 7.05 Å². The van der Waals surface area contributed by atoms with Gasteiger partial charge < -0.3 is 10.2 Å². The minimum absolute atomic E-state index is 0.738. The second-order valence-corrected chi connectivity index (χ2v) is 7.21. The van der Waals surface area contributed by atoms with Gasteiger partial charge in [-0.15, -0.1) is 11.3 Å². The fourth-order valence-corrected chi connectivity index (χ4v) is 4.15. The maximum Gasteiger partial charge on any atom is 0.131 e. The number of nitrogens with one attached hydrogen (secondary N) is 1. The molecule has 0 aromatic carbocycles. The summed E-state index contributed by atoms with van der Waals surface area (Å²) in [5, 5.41) is 10.5. The van der Waals surface area contributed by atoms with Crippen LogP contribution in [0, 0.1) is 6.92 Å². The summed E-state index contributed by atoms with van der Waals surface area (Å²) in [5.74, 6) is 1.30. The predicted octanol–water partition coefficient (Wildman–Crippen LogP) is 2.60. The van der Waals surface area contributed by atoms with Gasteiger partial charge in [0.25, 0.3) is 0 Å². The third-order valence-corrected chi connectivity index (χ3v) is 5.59. The largest absolute Gasteiger partial charge is 0.352 e. The second-order valence-electron chi connectivity index (χ2n) is 6.21. The molecule has 1 aliphatic heterocycles. The van der Waals surface area contributed by atoms with Crippen LogP contribution in [0.2, 0.25) is 0 Å². The minimum Gasteiger partial charge on any atom is -0.352 e. The molecule has 4 rings (SSSR count). The Bertz CT molecular complexity index is 653. The molecule has 1 saturated carbocycles. The van der Waals surface area contributed by atoms with E-state index in [1.165, 1.54) is 29.8 Å². The number of thiophene rings is 1. The van der Waals surface area contributed by atoms with E-state index in [9.17, 15) is 0 Å². The lowest BCUT2D eigenvalue weighted by Gasteiger charge is -2.30. The van der Waals surface area contributed by atoms with Crippen LogP contribution in [0.1, 0.15) is 34.5 Å². The molecule has 21 heavy (non-hydrogen) atoms. The summed E-state index contributed by atoms with van der Waals surface area (Å²) in [6, 6.07) is 3.01. The smallest absolute Gasteiger partial charge is 0.131 e. The van der Waals surface area contributed by atoms with Gasteiger partial charge in [0.15, 0.2) is 0 Å². The third-order valence-electron chi connectivity index (χ3n) is 4.57. The van der Waals surface area contributed by atoms with Crippen molar-refractivity contribution in [2.75, 3.05) is 11.4 Å². The Morgan fingerprint density at radius 3 is 3.10 bits per heavy atom. The van der Waals surface area contributed by atoms with E-state index in [4.69, 9.17) is 0 Å². The summed E-state index contributed by atoms with van der Waals surface area (Å²) in [7, 11) is 2.08. The summed E-state index contributed by atoms with van der Waals surface area (Å²) in [6.07, 6.45) is 3.82. The van der Waals surface area contributed by atoms with Crippen molar-refractivity contribution in [3.05, 3.63) is 33.1 Å². The first-order valence-corrected chi connectivity index (χ1v) is 8.66. The summed E-state index contributed by atoms with van der Waals surface area (Å²) in [4.78, 5) is 4.06. The highest BCUT2D eigenvalue weighted by molar-refractivity contribution is 7.10. The van der Waals surface area contributed by atoms with Gasteiger partial charge in [0.2, 0.25) is 0 Å². The van der Waals surface area contributed by atoms with E-state index in [2.05, 4.69) is 45.4 Å². The van der Waals surface area contributed by atoms with Crippen molar-refractivity contribution in [3.63, 3.8) is 0 Å². The van der Waals surface area contributed by atoms with Crippen LogP contribution >= 0.6 is 11.3 Å². The van der Waals surface area contributed by atoms with Gasteiger partial charge in [0, 0.05) is 43.2 Å². The maximum absolute atomic E-state index is 4.67. The molecule has 0 unspecified atom stereocenters. The molecule has 0 amide bonds. The van der Waals surface area contributed by atoms with Crippen molar-refractivity contribution in [2.45, 2.75) is 45.3 Å². The number of hydrogen-bond acceptors (Lipinski definition) is 4. The van der Waals surface area contributed by atoms with Crippen LogP contribution in [-0.2, 0) is 26.6 Å². The van der Waals surface area contributed by atoms with Gasteiger partial charge in [0.1, 0.15) is 5.82 Å². The molecule has 1 aliphatic carbocycles. The predicted molar refractivity (Wildman–Crippen MR) is 86.9 cm³/mol. The van der Waals surface area contributed by atoms with Gasteiger partial charge in [-0.25, -0.2) is 0 Å². The van der Waals surface area contributed by atoms with Crippen molar-refractivity contribution in [3.8, 4) is 0 Å². The first-order valence-electron chi connectivity index (χ1n) is 7.78. The van der Waals surface area contributed by atoms with Crippen molar-refractivity contribution in [1.82, 2.24) is 15.1 Å². The van der Waals surface area contributed by atoms with Crippen molar-refractivity contribution in [1.29, 1.82) is 0 Å². The molecular weight excluding hydrogens is 280 g/mol. The summed E-state index contributed by atoms with van der Waals surface area (Å²) in [5.41, 5.74) is 4.03. The molecule has 0 radical (unpaired) electrons. The number of fused-ring (bicyclic) bond motifs is 1. The average Bonchev–Trinajstić information content (AvgIpc) is 3.09. The van der Waals surface area contributed by atoms with Gasteiger partial charge in [-0.3, -0.25) is 4.68 Å². The highest BCUT2D eigenvalue weighted by atomic mass is 32.1. The maximum atomic E-state index is 4.67. The summed E-state index contributed by atoms with van der Waals surface area (Å²) < 4.78 is 2.07. The first-order chi connectivity index (χ1) is 10.2. The lowest BCUT2D eigenvalue weighted by Crippen LogP contribution is -2.32. The molecule has 2 aromatic heterocycles. The fraction of sp³-hybridized carbons (Fsp3) is 0.562. The van der Waals surface area contributed by atoms with E-state index in [-0.39, 0.29) is 0 Å². The lowest BCUT2D eigenvalue weighted by molar-refractivity contribution is 0.657. The SMILES string of the molecule is Cc1nn(C)c(N2CCc3sccc3C2)c1CNC1CC1. The molecule has 2 aliphatic rings. The first kappa shape index (κ1) is 13.3. The van der Waals surface area contributed by atoms with Gasteiger partial charge in [0.05, 0.1) is 5.69 Å². The zero-order chi connectivity index (χ0) is 14.4. The molecule has 5 heteroatoms. The molecule has 1 N–H and O–H groups in total. The normalized spacial score (nSPS) is 18.1. The molecule has 0 bridgehead atoms. The molecule has 112 valence electrons. The van der Waals surface area contributed by atoms with E-state index in [0.29, 0.717) is 0 Å². The summed E-state index contributed by atoms with van der Waals surface area (Å²) in [6.45, 7) is 5.21. The molecule has 1 fully saturated rings. The number of rotatable bonds is 4.